The normalized spacial score (nSPS) is 13.3. The molecule has 0 aliphatic carbocycles. The van der Waals surface area contributed by atoms with Gasteiger partial charge >= 0.3 is 0 Å². The fourth-order valence-electron chi connectivity index (χ4n) is 2.87. The Kier molecular flexibility index (Phi) is 3.24. The molecular weight excluding hydrogens is 310 g/mol. The predicted molar refractivity (Wildman–Crippen MR) is 88.3 cm³/mol. The Hall–Kier alpha value is -2.52. The standard InChI is InChI=1S/C17H15N3O2S/c1-10-11(2)23-17-19-16(13(5-6-18)20(10)17)12-3-4-14-15(9-12)22-8-7-21-14/h3-4,9H,5,7-8H2,1-2H3. The zero-order valence-electron chi connectivity index (χ0n) is 12.9. The van der Waals surface area contributed by atoms with E-state index >= 15 is 0 Å². The number of nitrogens with zero attached hydrogens (tertiary/aromatic N) is 3. The number of benzene rings is 1. The predicted octanol–water partition coefficient (Wildman–Crippen LogP) is 3.52. The van der Waals surface area contributed by atoms with Gasteiger partial charge in [0.1, 0.15) is 13.2 Å². The molecule has 5 nitrogen and oxygen atoms in total. The zero-order chi connectivity index (χ0) is 16.0. The number of hydrogen-bond donors (Lipinski definition) is 0. The number of thiazole rings is 1. The van der Waals surface area contributed by atoms with E-state index in [1.807, 2.05) is 18.2 Å². The minimum Gasteiger partial charge on any atom is -0.486 e. The average Bonchev–Trinajstić information content (AvgIpc) is 3.05. The Morgan fingerprint density at radius 1 is 1.26 bits per heavy atom. The minimum atomic E-state index is 0.321. The smallest absolute Gasteiger partial charge is 0.194 e. The minimum absolute atomic E-state index is 0.321. The fraction of sp³-hybridized carbons (Fsp3) is 0.294. The molecule has 0 fully saturated rings. The third-order valence-electron chi connectivity index (χ3n) is 4.09. The van der Waals surface area contributed by atoms with E-state index in [0.29, 0.717) is 19.6 Å². The van der Waals surface area contributed by atoms with E-state index in [9.17, 15) is 5.26 Å². The van der Waals surface area contributed by atoms with Crippen molar-refractivity contribution in [1.82, 2.24) is 9.38 Å². The molecular formula is C17H15N3O2S. The number of imidazole rings is 1. The molecule has 2 aromatic heterocycles. The summed E-state index contributed by atoms with van der Waals surface area (Å²) < 4.78 is 13.3. The van der Waals surface area contributed by atoms with E-state index in [1.54, 1.807) is 11.3 Å². The van der Waals surface area contributed by atoms with Crippen molar-refractivity contribution in [2.45, 2.75) is 20.3 Å². The summed E-state index contributed by atoms with van der Waals surface area (Å²) in [4.78, 5) is 6.91. The van der Waals surface area contributed by atoms with E-state index in [0.717, 1.165) is 39.1 Å². The van der Waals surface area contributed by atoms with Gasteiger partial charge in [-0.1, -0.05) is 0 Å². The molecule has 1 aromatic carbocycles. The monoisotopic (exact) mass is 325 g/mol. The van der Waals surface area contributed by atoms with Gasteiger partial charge in [0, 0.05) is 16.1 Å². The molecule has 0 N–H and O–H groups in total. The number of hydrogen-bond acceptors (Lipinski definition) is 5. The van der Waals surface area contributed by atoms with Crippen LogP contribution in [0.5, 0.6) is 11.5 Å². The first-order chi connectivity index (χ1) is 11.2. The molecule has 0 atom stereocenters. The summed E-state index contributed by atoms with van der Waals surface area (Å²) in [5.41, 5.74) is 3.87. The van der Waals surface area contributed by atoms with E-state index in [2.05, 4.69) is 24.3 Å². The first-order valence-corrected chi connectivity index (χ1v) is 8.25. The lowest BCUT2D eigenvalue weighted by atomic mass is 10.1. The topological polar surface area (TPSA) is 59.5 Å². The maximum atomic E-state index is 9.23. The number of rotatable bonds is 2. The Bertz CT molecular complexity index is 949. The number of nitriles is 1. The van der Waals surface area contributed by atoms with E-state index in [-0.39, 0.29) is 0 Å². The number of aryl methyl sites for hydroxylation is 2. The van der Waals surface area contributed by atoms with Crippen LogP contribution in [0.15, 0.2) is 18.2 Å². The molecule has 0 radical (unpaired) electrons. The zero-order valence-corrected chi connectivity index (χ0v) is 13.7. The molecule has 0 saturated carbocycles. The lowest BCUT2D eigenvalue weighted by Crippen LogP contribution is -2.15. The van der Waals surface area contributed by atoms with Crippen molar-refractivity contribution in [3.05, 3.63) is 34.5 Å². The molecule has 0 spiro atoms. The Balaban J connectivity index is 1.91. The Morgan fingerprint density at radius 3 is 2.83 bits per heavy atom. The quantitative estimate of drug-likeness (QED) is 0.723. The van der Waals surface area contributed by atoms with Crippen molar-refractivity contribution >= 4 is 16.3 Å². The van der Waals surface area contributed by atoms with Gasteiger partial charge in [0.2, 0.25) is 0 Å². The van der Waals surface area contributed by atoms with Gasteiger partial charge in [-0.05, 0) is 32.0 Å². The second-order valence-electron chi connectivity index (χ2n) is 5.46. The molecule has 0 bridgehead atoms. The van der Waals surface area contributed by atoms with Crippen molar-refractivity contribution in [1.29, 1.82) is 5.26 Å². The van der Waals surface area contributed by atoms with Crippen LogP contribution in [0.25, 0.3) is 16.2 Å². The molecule has 0 unspecified atom stereocenters. The molecule has 3 aromatic rings. The number of ether oxygens (including phenoxy) is 2. The SMILES string of the molecule is Cc1sc2nc(-c3ccc4c(c3)OCCO4)c(CC#N)n2c1C. The number of aromatic nitrogens is 2. The largest absolute Gasteiger partial charge is 0.486 e. The summed E-state index contributed by atoms with van der Waals surface area (Å²) in [7, 11) is 0. The van der Waals surface area contributed by atoms with E-state index in [4.69, 9.17) is 14.5 Å². The maximum absolute atomic E-state index is 9.23. The van der Waals surface area contributed by atoms with Gasteiger partial charge in [-0.25, -0.2) is 4.98 Å². The van der Waals surface area contributed by atoms with Crippen LogP contribution < -0.4 is 9.47 Å². The lowest BCUT2D eigenvalue weighted by molar-refractivity contribution is 0.171. The fourth-order valence-corrected chi connectivity index (χ4v) is 3.86. The molecule has 23 heavy (non-hydrogen) atoms. The van der Waals surface area contributed by atoms with Gasteiger partial charge in [-0.15, -0.1) is 11.3 Å². The van der Waals surface area contributed by atoms with Crippen LogP contribution in [0, 0.1) is 25.2 Å². The summed E-state index contributed by atoms with van der Waals surface area (Å²) in [6.45, 7) is 5.27. The maximum Gasteiger partial charge on any atom is 0.194 e. The summed E-state index contributed by atoms with van der Waals surface area (Å²) in [6.07, 6.45) is 0.321. The summed E-state index contributed by atoms with van der Waals surface area (Å²) >= 11 is 1.65. The Labute approximate surface area is 137 Å². The Morgan fingerprint density at radius 2 is 2.04 bits per heavy atom. The van der Waals surface area contributed by atoms with Crippen molar-refractivity contribution in [2.24, 2.45) is 0 Å². The van der Waals surface area contributed by atoms with E-state index in [1.165, 1.54) is 4.88 Å². The lowest BCUT2D eigenvalue weighted by Gasteiger charge is -2.18. The third kappa shape index (κ3) is 2.16. The van der Waals surface area contributed by atoms with Gasteiger partial charge < -0.3 is 9.47 Å². The van der Waals surface area contributed by atoms with Gasteiger partial charge in [-0.2, -0.15) is 5.26 Å². The molecule has 0 saturated heterocycles. The second-order valence-corrected chi connectivity index (χ2v) is 6.64. The average molecular weight is 325 g/mol. The highest BCUT2D eigenvalue weighted by Crippen LogP contribution is 2.37. The molecule has 1 aliphatic heterocycles. The van der Waals surface area contributed by atoms with Gasteiger partial charge in [0.25, 0.3) is 0 Å². The van der Waals surface area contributed by atoms with Crippen molar-refractivity contribution < 1.29 is 9.47 Å². The summed E-state index contributed by atoms with van der Waals surface area (Å²) in [5.74, 6) is 1.50. The van der Waals surface area contributed by atoms with Crippen LogP contribution in [0.1, 0.15) is 16.3 Å². The second kappa shape index (κ2) is 5.28. The van der Waals surface area contributed by atoms with Crippen LogP contribution in [0.4, 0.5) is 0 Å². The van der Waals surface area contributed by atoms with Crippen LogP contribution in [0.3, 0.4) is 0 Å². The molecule has 0 amide bonds. The molecule has 1 aliphatic rings. The number of fused-ring (bicyclic) bond motifs is 2. The highest BCUT2D eigenvalue weighted by atomic mass is 32.1. The highest BCUT2D eigenvalue weighted by molar-refractivity contribution is 7.17. The van der Waals surface area contributed by atoms with Crippen LogP contribution >= 0.6 is 11.3 Å². The van der Waals surface area contributed by atoms with Gasteiger partial charge in [-0.3, -0.25) is 4.40 Å². The van der Waals surface area contributed by atoms with Crippen LogP contribution in [-0.4, -0.2) is 22.6 Å². The molecule has 116 valence electrons. The molecule has 4 rings (SSSR count). The van der Waals surface area contributed by atoms with Gasteiger partial charge in [0.15, 0.2) is 16.5 Å². The molecule has 6 heteroatoms. The summed E-state index contributed by atoms with van der Waals surface area (Å²) in [5, 5.41) is 9.23. The van der Waals surface area contributed by atoms with Crippen molar-refractivity contribution in [2.75, 3.05) is 13.2 Å². The summed E-state index contributed by atoms with van der Waals surface area (Å²) in [6, 6.07) is 8.09. The first kappa shape index (κ1) is 14.1. The third-order valence-corrected chi connectivity index (χ3v) is 5.15. The van der Waals surface area contributed by atoms with Gasteiger partial charge in [0.05, 0.1) is 23.9 Å². The van der Waals surface area contributed by atoms with E-state index < -0.39 is 0 Å². The first-order valence-electron chi connectivity index (χ1n) is 7.43. The molecule has 3 heterocycles. The van der Waals surface area contributed by atoms with Crippen LogP contribution in [-0.2, 0) is 6.42 Å². The van der Waals surface area contributed by atoms with Crippen molar-refractivity contribution in [3.8, 4) is 28.8 Å². The highest BCUT2D eigenvalue weighted by Gasteiger charge is 2.20. The van der Waals surface area contributed by atoms with Crippen molar-refractivity contribution in [3.63, 3.8) is 0 Å². The van der Waals surface area contributed by atoms with Crippen LogP contribution in [0.2, 0.25) is 0 Å².